The summed E-state index contributed by atoms with van der Waals surface area (Å²) in [6.45, 7) is 4.68. The summed E-state index contributed by atoms with van der Waals surface area (Å²) in [5.74, 6) is -2.07. The second-order valence-corrected chi connectivity index (χ2v) is 20.9. The van der Waals surface area contributed by atoms with Crippen LogP contribution in [0.2, 0.25) is 0 Å². The Morgan fingerprint density at radius 3 is 1.09 bits per heavy atom. The summed E-state index contributed by atoms with van der Waals surface area (Å²) in [6.07, 6.45) is 82.1. The second-order valence-electron chi connectivity index (χ2n) is 20.9. The zero-order valence-electron chi connectivity index (χ0n) is 50.0. The van der Waals surface area contributed by atoms with Gasteiger partial charge in [0.05, 0.1) is 34.4 Å². The lowest BCUT2D eigenvalue weighted by Crippen LogP contribution is -2.40. The predicted octanol–water partition coefficient (Wildman–Crippen LogP) is 18.4. The van der Waals surface area contributed by atoms with Crippen LogP contribution in [0, 0.1) is 0 Å². The molecule has 2 atom stereocenters. The number of rotatable bonds is 54. The summed E-state index contributed by atoms with van der Waals surface area (Å²) in [4.78, 5) is 37.4. The minimum Gasteiger partial charge on any atom is -0.477 e. The normalized spacial score (nSPS) is 13.8. The van der Waals surface area contributed by atoms with E-state index in [9.17, 15) is 19.5 Å². The first-order chi connectivity index (χ1) is 38.1. The van der Waals surface area contributed by atoms with E-state index in [0.717, 1.165) is 128 Å². The number of hydrogen-bond donors (Lipinski definition) is 1. The number of likely N-dealkylation sites (N-methyl/N-ethyl adjacent to an activating group) is 1. The number of quaternary nitrogens is 1. The Labute approximate surface area is 477 Å². The molecular formula is C69H112NO8+. The zero-order valence-corrected chi connectivity index (χ0v) is 50.0. The van der Waals surface area contributed by atoms with Crippen molar-refractivity contribution in [3.8, 4) is 0 Å². The van der Waals surface area contributed by atoms with E-state index < -0.39 is 24.3 Å². The molecule has 0 heterocycles. The Morgan fingerprint density at radius 1 is 0.397 bits per heavy atom. The number of nitrogens with zero attached hydrogens (tertiary/aromatic N) is 1. The van der Waals surface area contributed by atoms with Crippen molar-refractivity contribution in [2.45, 2.75) is 225 Å². The molecule has 0 spiro atoms. The SMILES string of the molecule is CC/C=C\C/C=C\C/C=C\C/C=C\C/C=C\C/C=C\C/C=C\C/C=C\C/C=C\C/C=C\CCCCCCC(=O)OC(COC(=O)CCCCCCCCC/C=C\C/C=C\CCCCCC)COC(OCC[N+](C)(C)C)C(=O)O. The van der Waals surface area contributed by atoms with E-state index in [1.807, 2.05) is 21.1 Å². The molecule has 0 saturated heterocycles. The maximum atomic E-state index is 12.9. The molecule has 0 aliphatic rings. The van der Waals surface area contributed by atoms with Crippen LogP contribution in [0.15, 0.2) is 146 Å². The molecule has 0 bridgehead atoms. The third kappa shape index (κ3) is 58.8. The zero-order chi connectivity index (χ0) is 56.9. The van der Waals surface area contributed by atoms with Crippen LogP contribution in [0.1, 0.15) is 213 Å². The highest BCUT2D eigenvalue weighted by molar-refractivity contribution is 5.71. The summed E-state index contributed by atoms with van der Waals surface area (Å²) in [5, 5.41) is 9.71. The van der Waals surface area contributed by atoms with Crippen molar-refractivity contribution < 1.29 is 42.9 Å². The molecule has 0 aromatic carbocycles. The first kappa shape index (κ1) is 73.2. The summed E-state index contributed by atoms with van der Waals surface area (Å²) in [5.41, 5.74) is 0. The molecule has 0 aliphatic heterocycles. The van der Waals surface area contributed by atoms with Crippen LogP contribution in [0.5, 0.6) is 0 Å². The average Bonchev–Trinajstić information content (AvgIpc) is 3.41. The number of carbonyl (C=O) groups is 3. The molecule has 440 valence electrons. The van der Waals surface area contributed by atoms with Gasteiger partial charge in [-0.3, -0.25) is 9.59 Å². The van der Waals surface area contributed by atoms with Gasteiger partial charge < -0.3 is 28.5 Å². The van der Waals surface area contributed by atoms with E-state index in [0.29, 0.717) is 17.4 Å². The Balaban J connectivity index is 4.32. The highest BCUT2D eigenvalue weighted by atomic mass is 16.7. The number of carboxylic acids is 1. The van der Waals surface area contributed by atoms with Crippen molar-refractivity contribution in [1.82, 2.24) is 0 Å². The van der Waals surface area contributed by atoms with Crippen molar-refractivity contribution in [1.29, 1.82) is 0 Å². The van der Waals surface area contributed by atoms with E-state index in [2.05, 4.69) is 160 Å². The number of unbranched alkanes of at least 4 members (excludes halogenated alkanes) is 15. The number of aliphatic carboxylic acids is 1. The quantitative estimate of drug-likeness (QED) is 0.0211. The van der Waals surface area contributed by atoms with Gasteiger partial charge in [0.2, 0.25) is 0 Å². The van der Waals surface area contributed by atoms with Gasteiger partial charge in [0.1, 0.15) is 13.2 Å². The van der Waals surface area contributed by atoms with Crippen LogP contribution in [0.4, 0.5) is 0 Å². The van der Waals surface area contributed by atoms with Crippen LogP contribution in [-0.4, -0.2) is 87.4 Å². The Bertz CT molecular complexity index is 1780. The summed E-state index contributed by atoms with van der Waals surface area (Å²) in [6, 6.07) is 0. The van der Waals surface area contributed by atoms with Gasteiger partial charge in [-0.15, -0.1) is 0 Å². The molecule has 0 rings (SSSR count). The van der Waals surface area contributed by atoms with E-state index in [1.54, 1.807) is 0 Å². The first-order valence-electron chi connectivity index (χ1n) is 30.5. The lowest BCUT2D eigenvalue weighted by molar-refractivity contribution is -0.870. The molecular weight excluding hydrogens is 971 g/mol. The standard InChI is InChI=1S/C69H111NO8/c1-6-8-10-12-14-16-18-20-22-24-26-27-28-29-30-31-32-33-34-35-36-37-38-39-40-41-42-44-46-48-50-52-54-56-58-60-67(72)78-65(64-77-69(68(73)74)75-62-61-70(3,4)5)63-76-66(71)59-57-55-53-51-49-47-45-43-25-23-21-19-17-15-13-11-9-7-2/h8,10,14,16-17,19-20,22-23,25-27,29-30,32-33,35-36,38-39,41-42,46,48,65,69H,6-7,9,11-13,15,18,21,24,28,31,34,37,40,43-45,47,49-64H2,1-5H3/p+1/b10-8-,16-14-,19-17-,22-20-,25-23-,27-26-,30-29-,33-32-,36-35-,39-38-,42-41-,48-46-. The lowest BCUT2D eigenvalue weighted by Gasteiger charge is -2.25. The fourth-order valence-corrected chi connectivity index (χ4v) is 7.66. The van der Waals surface area contributed by atoms with Gasteiger partial charge in [0.25, 0.3) is 6.29 Å². The van der Waals surface area contributed by atoms with Crippen LogP contribution < -0.4 is 0 Å². The maximum absolute atomic E-state index is 12.9. The smallest absolute Gasteiger partial charge is 0.361 e. The molecule has 2 unspecified atom stereocenters. The van der Waals surface area contributed by atoms with Gasteiger partial charge in [0, 0.05) is 12.8 Å². The second kappa shape index (κ2) is 58.3. The average molecular weight is 1080 g/mol. The molecule has 0 aromatic heterocycles. The van der Waals surface area contributed by atoms with Gasteiger partial charge in [-0.25, -0.2) is 4.79 Å². The van der Waals surface area contributed by atoms with Crippen molar-refractivity contribution in [3.05, 3.63) is 146 Å². The topological polar surface area (TPSA) is 108 Å². The molecule has 0 radical (unpaired) electrons. The number of allylic oxidation sites excluding steroid dienone is 24. The largest absolute Gasteiger partial charge is 0.477 e. The Kier molecular flexibility index (Phi) is 54.7. The summed E-state index contributed by atoms with van der Waals surface area (Å²) < 4.78 is 22.8. The monoisotopic (exact) mass is 1080 g/mol. The van der Waals surface area contributed by atoms with Gasteiger partial charge >= 0.3 is 17.9 Å². The number of ether oxygens (including phenoxy) is 4. The molecule has 0 aliphatic carbocycles. The summed E-state index contributed by atoms with van der Waals surface area (Å²) in [7, 11) is 5.94. The van der Waals surface area contributed by atoms with Crippen LogP contribution in [0.3, 0.4) is 0 Å². The Morgan fingerprint density at radius 2 is 0.731 bits per heavy atom. The van der Waals surface area contributed by atoms with Gasteiger partial charge in [-0.05, 0) is 122 Å². The minimum atomic E-state index is -1.53. The van der Waals surface area contributed by atoms with Gasteiger partial charge in [-0.1, -0.05) is 224 Å². The minimum absolute atomic E-state index is 0.173. The Hall–Kier alpha value is -4.83. The van der Waals surface area contributed by atoms with E-state index in [1.165, 1.54) is 51.4 Å². The number of carboxylic acid groups (broad SMARTS) is 1. The third-order valence-electron chi connectivity index (χ3n) is 12.3. The van der Waals surface area contributed by atoms with Crippen molar-refractivity contribution in [3.63, 3.8) is 0 Å². The highest BCUT2D eigenvalue weighted by Crippen LogP contribution is 2.13. The van der Waals surface area contributed by atoms with E-state index >= 15 is 0 Å². The maximum Gasteiger partial charge on any atom is 0.361 e. The molecule has 9 heteroatoms. The van der Waals surface area contributed by atoms with Crippen LogP contribution >= 0.6 is 0 Å². The van der Waals surface area contributed by atoms with Gasteiger partial charge in [0.15, 0.2) is 6.10 Å². The fourth-order valence-electron chi connectivity index (χ4n) is 7.66. The number of esters is 2. The van der Waals surface area contributed by atoms with Crippen molar-refractivity contribution in [2.75, 3.05) is 47.5 Å². The molecule has 1 N–H and O–H groups in total. The molecule has 0 aromatic rings. The van der Waals surface area contributed by atoms with E-state index in [-0.39, 0.29) is 38.6 Å². The van der Waals surface area contributed by atoms with Crippen molar-refractivity contribution in [2.24, 2.45) is 0 Å². The van der Waals surface area contributed by atoms with Crippen LogP contribution in [0.25, 0.3) is 0 Å². The number of carbonyl (C=O) groups excluding carboxylic acids is 2. The molecule has 78 heavy (non-hydrogen) atoms. The predicted molar refractivity (Wildman–Crippen MR) is 331 cm³/mol. The fraction of sp³-hybridized carbons (Fsp3) is 0.609. The highest BCUT2D eigenvalue weighted by Gasteiger charge is 2.25. The lowest BCUT2D eigenvalue weighted by atomic mass is 10.1. The summed E-state index contributed by atoms with van der Waals surface area (Å²) >= 11 is 0. The number of hydrogen-bond acceptors (Lipinski definition) is 7. The molecule has 0 saturated carbocycles. The molecule has 0 amide bonds. The first-order valence-corrected chi connectivity index (χ1v) is 30.5. The van der Waals surface area contributed by atoms with E-state index in [4.69, 9.17) is 18.9 Å². The van der Waals surface area contributed by atoms with Gasteiger partial charge in [-0.2, -0.15) is 0 Å². The van der Waals surface area contributed by atoms with Crippen LogP contribution in [-0.2, 0) is 33.3 Å². The van der Waals surface area contributed by atoms with Crippen molar-refractivity contribution >= 4 is 17.9 Å². The third-order valence-corrected chi connectivity index (χ3v) is 12.3. The molecule has 9 nitrogen and oxygen atoms in total. The molecule has 0 fully saturated rings.